The average molecular weight is 444 g/mol. The Morgan fingerprint density at radius 3 is 2.81 bits per heavy atom. The zero-order chi connectivity index (χ0) is 22.1. The van der Waals surface area contributed by atoms with E-state index in [9.17, 15) is 9.59 Å². The van der Waals surface area contributed by atoms with E-state index in [4.69, 9.17) is 9.47 Å². The summed E-state index contributed by atoms with van der Waals surface area (Å²) in [6.07, 6.45) is 6.13. The topological polar surface area (TPSA) is 80.8 Å². The van der Waals surface area contributed by atoms with Gasteiger partial charge in [-0.25, -0.2) is 9.78 Å². The minimum Gasteiger partial charge on any atom is -0.497 e. The Hall–Kier alpha value is -2.71. The highest BCUT2D eigenvalue weighted by atomic mass is 32.1. The van der Waals surface area contributed by atoms with Gasteiger partial charge in [-0.1, -0.05) is 12.1 Å². The monoisotopic (exact) mass is 443 g/mol. The lowest BCUT2D eigenvalue weighted by atomic mass is 10.1. The Morgan fingerprint density at radius 1 is 1.26 bits per heavy atom. The van der Waals surface area contributed by atoms with Crippen LogP contribution in [0.15, 0.2) is 30.3 Å². The van der Waals surface area contributed by atoms with Crippen LogP contribution in [0.25, 0.3) is 6.08 Å². The van der Waals surface area contributed by atoms with Crippen molar-refractivity contribution in [3.8, 4) is 5.75 Å². The second-order valence-corrected chi connectivity index (χ2v) is 8.32. The summed E-state index contributed by atoms with van der Waals surface area (Å²) in [6, 6.07) is 7.55. The molecule has 7 nitrogen and oxygen atoms in total. The SMILES string of the molecule is CCOC(=O)c1nc2c(s1)CN(CCCCNC(=O)/C=C/c1ccc(OC)cc1)CC2. The fourth-order valence-electron chi connectivity index (χ4n) is 3.34. The molecule has 3 rings (SSSR count). The van der Waals surface area contributed by atoms with E-state index in [2.05, 4.69) is 15.2 Å². The number of esters is 1. The number of thiazole rings is 1. The van der Waals surface area contributed by atoms with Crippen LogP contribution >= 0.6 is 11.3 Å². The summed E-state index contributed by atoms with van der Waals surface area (Å²) in [6.45, 7) is 5.54. The molecule has 0 radical (unpaired) electrons. The lowest BCUT2D eigenvalue weighted by molar-refractivity contribution is -0.116. The second-order valence-electron chi connectivity index (χ2n) is 7.24. The molecule has 0 unspecified atom stereocenters. The van der Waals surface area contributed by atoms with Gasteiger partial charge in [-0.2, -0.15) is 0 Å². The zero-order valence-electron chi connectivity index (χ0n) is 18.1. The van der Waals surface area contributed by atoms with Crippen molar-refractivity contribution < 1.29 is 19.1 Å². The minimum absolute atomic E-state index is 0.0883. The van der Waals surface area contributed by atoms with E-state index >= 15 is 0 Å². The summed E-state index contributed by atoms with van der Waals surface area (Å²) in [5, 5.41) is 3.39. The molecule has 1 aliphatic rings. The van der Waals surface area contributed by atoms with Crippen molar-refractivity contribution in [2.24, 2.45) is 0 Å². The van der Waals surface area contributed by atoms with Crippen LogP contribution in [0.1, 0.15) is 45.7 Å². The smallest absolute Gasteiger partial charge is 0.367 e. The lowest BCUT2D eigenvalue weighted by Gasteiger charge is -2.25. The third-order valence-corrected chi connectivity index (χ3v) is 6.07. The number of carbonyl (C=O) groups is 2. The molecule has 2 heterocycles. The van der Waals surface area contributed by atoms with Crippen molar-refractivity contribution >= 4 is 29.3 Å². The van der Waals surface area contributed by atoms with Crippen LogP contribution in [0.4, 0.5) is 0 Å². The van der Waals surface area contributed by atoms with E-state index in [1.165, 1.54) is 11.3 Å². The summed E-state index contributed by atoms with van der Waals surface area (Å²) in [5.74, 6) is 0.376. The summed E-state index contributed by atoms with van der Waals surface area (Å²) in [5.41, 5.74) is 1.98. The molecule has 0 spiro atoms. The largest absolute Gasteiger partial charge is 0.497 e. The van der Waals surface area contributed by atoms with Crippen molar-refractivity contribution in [2.45, 2.75) is 32.7 Å². The number of unbranched alkanes of at least 4 members (excludes halogenated alkanes) is 1. The molecule has 0 fully saturated rings. The van der Waals surface area contributed by atoms with E-state index in [-0.39, 0.29) is 11.9 Å². The van der Waals surface area contributed by atoms with Gasteiger partial charge in [-0.15, -0.1) is 11.3 Å². The first-order valence-electron chi connectivity index (χ1n) is 10.6. The lowest BCUT2D eigenvalue weighted by Crippen LogP contribution is -2.31. The van der Waals surface area contributed by atoms with Crippen molar-refractivity contribution in [1.29, 1.82) is 0 Å². The standard InChI is InChI=1S/C23H29N3O4S/c1-3-30-23(28)22-25-19-12-15-26(16-20(19)31-22)14-5-4-13-24-21(27)11-8-17-6-9-18(29-2)10-7-17/h6-11H,3-5,12-16H2,1-2H3,(H,24,27)/b11-8+. The number of ether oxygens (including phenoxy) is 2. The van der Waals surface area contributed by atoms with Crippen LogP contribution in [0.5, 0.6) is 5.75 Å². The molecule has 0 aliphatic carbocycles. The first-order chi connectivity index (χ1) is 15.1. The number of benzene rings is 1. The van der Waals surface area contributed by atoms with E-state index in [1.807, 2.05) is 24.3 Å². The van der Waals surface area contributed by atoms with Crippen molar-refractivity contribution in [3.63, 3.8) is 0 Å². The van der Waals surface area contributed by atoms with Crippen LogP contribution in [-0.4, -0.2) is 55.1 Å². The Bertz CT molecular complexity index is 908. The van der Waals surface area contributed by atoms with E-state index in [0.29, 0.717) is 18.2 Å². The second kappa shape index (κ2) is 11.6. The highest BCUT2D eigenvalue weighted by Gasteiger charge is 2.23. The fourth-order valence-corrected chi connectivity index (χ4v) is 4.38. The van der Waals surface area contributed by atoms with Crippen LogP contribution in [0, 0.1) is 0 Å². The van der Waals surface area contributed by atoms with Crippen molar-refractivity contribution in [3.05, 3.63) is 51.5 Å². The number of amides is 1. The molecule has 8 heteroatoms. The molecule has 1 N–H and O–H groups in total. The predicted molar refractivity (Wildman–Crippen MR) is 121 cm³/mol. The van der Waals surface area contributed by atoms with Crippen LogP contribution in [-0.2, 0) is 22.5 Å². The molecule has 0 saturated carbocycles. The van der Waals surface area contributed by atoms with Crippen LogP contribution in [0.2, 0.25) is 0 Å². The first-order valence-corrected chi connectivity index (χ1v) is 11.4. The van der Waals surface area contributed by atoms with Crippen LogP contribution in [0.3, 0.4) is 0 Å². The zero-order valence-corrected chi connectivity index (χ0v) is 18.9. The summed E-state index contributed by atoms with van der Waals surface area (Å²) >= 11 is 1.44. The maximum Gasteiger partial charge on any atom is 0.367 e. The predicted octanol–water partition coefficient (Wildman–Crippen LogP) is 3.30. The first kappa shape index (κ1) is 23.0. The van der Waals surface area contributed by atoms with Gasteiger partial charge in [0, 0.05) is 37.0 Å². The molecule has 31 heavy (non-hydrogen) atoms. The van der Waals surface area contributed by atoms with E-state index < -0.39 is 0 Å². The molecule has 0 atom stereocenters. The van der Waals surface area contributed by atoms with Gasteiger partial charge in [0.2, 0.25) is 10.9 Å². The van der Waals surface area contributed by atoms with Crippen molar-refractivity contribution in [1.82, 2.24) is 15.2 Å². The van der Waals surface area contributed by atoms with Gasteiger partial charge in [0.15, 0.2) is 0 Å². The Morgan fingerprint density at radius 2 is 2.06 bits per heavy atom. The van der Waals surface area contributed by atoms with Gasteiger partial charge >= 0.3 is 5.97 Å². The maximum atomic E-state index is 12.0. The third-order valence-electron chi connectivity index (χ3n) is 5.00. The average Bonchev–Trinajstić information content (AvgIpc) is 3.21. The Balaban J connectivity index is 1.33. The number of methoxy groups -OCH3 is 1. The quantitative estimate of drug-likeness (QED) is 0.345. The highest BCUT2D eigenvalue weighted by Crippen LogP contribution is 2.25. The van der Waals surface area contributed by atoms with E-state index in [0.717, 1.165) is 60.8 Å². The number of rotatable bonds is 10. The van der Waals surface area contributed by atoms with E-state index in [1.54, 1.807) is 26.2 Å². The molecule has 1 aromatic carbocycles. The Kier molecular flexibility index (Phi) is 8.61. The molecular weight excluding hydrogens is 414 g/mol. The summed E-state index contributed by atoms with van der Waals surface area (Å²) < 4.78 is 10.2. The molecule has 1 aromatic heterocycles. The third kappa shape index (κ3) is 6.90. The minimum atomic E-state index is -0.328. The molecule has 166 valence electrons. The highest BCUT2D eigenvalue weighted by molar-refractivity contribution is 7.13. The fraction of sp³-hybridized carbons (Fsp3) is 0.435. The van der Waals surface area contributed by atoms with Crippen LogP contribution < -0.4 is 10.1 Å². The number of fused-ring (bicyclic) bond motifs is 1. The normalized spacial score (nSPS) is 13.7. The molecule has 1 aliphatic heterocycles. The summed E-state index contributed by atoms with van der Waals surface area (Å²) in [4.78, 5) is 31.8. The number of hydrogen-bond donors (Lipinski definition) is 1. The molecule has 0 bridgehead atoms. The number of hydrogen-bond acceptors (Lipinski definition) is 7. The van der Waals surface area contributed by atoms with Gasteiger partial charge < -0.3 is 14.8 Å². The summed E-state index contributed by atoms with van der Waals surface area (Å²) in [7, 11) is 1.63. The molecular formula is C23H29N3O4S. The van der Waals surface area contributed by atoms with Gasteiger partial charge in [0.1, 0.15) is 5.75 Å². The maximum absolute atomic E-state index is 12.0. The molecule has 1 amide bonds. The number of nitrogens with zero attached hydrogens (tertiary/aromatic N) is 2. The van der Waals surface area contributed by atoms with Gasteiger partial charge in [-0.3, -0.25) is 9.69 Å². The van der Waals surface area contributed by atoms with Gasteiger partial charge in [0.05, 0.1) is 19.4 Å². The molecule has 2 aromatic rings. The Labute approximate surface area is 187 Å². The number of aromatic nitrogens is 1. The number of nitrogens with one attached hydrogen (secondary N) is 1. The number of carbonyl (C=O) groups excluding carboxylic acids is 2. The van der Waals surface area contributed by atoms with Crippen molar-refractivity contribution in [2.75, 3.05) is 33.4 Å². The molecule has 0 saturated heterocycles. The van der Waals surface area contributed by atoms with Gasteiger partial charge in [0.25, 0.3) is 0 Å². The van der Waals surface area contributed by atoms with Gasteiger partial charge in [-0.05, 0) is 50.1 Å².